The first-order valence-corrected chi connectivity index (χ1v) is 10.4. The number of allylic oxidation sites excluding steroid dienone is 1. The van der Waals surface area contributed by atoms with Crippen LogP contribution in [0.1, 0.15) is 59.8 Å². The van der Waals surface area contributed by atoms with Gasteiger partial charge >= 0.3 is 17.9 Å². The normalized spacial score (nSPS) is 28.7. The van der Waals surface area contributed by atoms with Crippen LogP contribution in [-0.4, -0.2) is 43.5 Å². The minimum atomic E-state index is -0.828. The second kappa shape index (κ2) is 8.00. The van der Waals surface area contributed by atoms with Gasteiger partial charge in [0.15, 0.2) is 5.78 Å². The topological polar surface area (TPSA) is 96.0 Å². The third-order valence-corrected chi connectivity index (χ3v) is 6.88. The van der Waals surface area contributed by atoms with Crippen molar-refractivity contribution in [3.8, 4) is 0 Å². The molecule has 2 unspecified atom stereocenters. The Morgan fingerprint density at radius 2 is 1.80 bits per heavy atom. The van der Waals surface area contributed by atoms with Crippen molar-refractivity contribution in [3.05, 3.63) is 22.8 Å². The standard InChI is InChI=1S/C23H30O7/c1-13-19-16(20(27)14(2)23(13)9-10-23)11-22(4,12-29-15(3)24)21(19)30-18(26)8-6-7-17(25)28-5/h11,14,21H,6-10,12H2,1-5H3/t14-,21?,22?/m1/s1. The number of hydrogen-bond acceptors (Lipinski definition) is 7. The maximum absolute atomic E-state index is 13.1. The van der Waals surface area contributed by atoms with E-state index in [-0.39, 0.29) is 42.5 Å². The molecule has 7 nitrogen and oxygen atoms in total. The molecule has 0 aromatic carbocycles. The summed E-state index contributed by atoms with van der Waals surface area (Å²) in [5.41, 5.74) is 1.48. The van der Waals surface area contributed by atoms with E-state index in [9.17, 15) is 19.2 Å². The van der Waals surface area contributed by atoms with E-state index in [0.29, 0.717) is 12.0 Å². The first-order chi connectivity index (χ1) is 14.1. The molecule has 164 valence electrons. The average molecular weight is 418 g/mol. The van der Waals surface area contributed by atoms with Gasteiger partial charge in [0, 0.05) is 42.2 Å². The molecule has 3 rings (SSSR count). The summed E-state index contributed by atoms with van der Waals surface area (Å²) >= 11 is 0. The molecule has 30 heavy (non-hydrogen) atoms. The average Bonchev–Trinajstić information content (AvgIpc) is 3.45. The lowest BCUT2D eigenvalue weighted by molar-refractivity contribution is -0.155. The Morgan fingerprint density at radius 1 is 1.17 bits per heavy atom. The van der Waals surface area contributed by atoms with Crippen LogP contribution in [0.3, 0.4) is 0 Å². The Labute approximate surface area is 176 Å². The number of hydrogen-bond donors (Lipinski definition) is 0. The molecular weight excluding hydrogens is 388 g/mol. The highest BCUT2D eigenvalue weighted by atomic mass is 16.6. The first kappa shape index (κ1) is 22.2. The molecule has 7 heteroatoms. The van der Waals surface area contributed by atoms with Gasteiger partial charge in [0.25, 0.3) is 0 Å². The van der Waals surface area contributed by atoms with Crippen molar-refractivity contribution in [2.24, 2.45) is 16.7 Å². The van der Waals surface area contributed by atoms with Crippen LogP contribution >= 0.6 is 0 Å². The maximum atomic E-state index is 13.1. The molecule has 1 spiro atoms. The van der Waals surface area contributed by atoms with Crippen molar-refractivity contribution in [1.29, 1.82) is 0 Å². The largest absolute Gasteiger partial charge is 0.469 e. The van der Waals surface area contributed by atoms with Gasteiger partial charge in [-0.3, -0.25) is 19.2 Å². The zero-order chi connectivity index (χ0) is 22.3. The van der Waals surface area contributed by atoms with E-state index < -0.39 is 23.5 Å². The third kappa shape index (κ3) is 3.82. The second-order valence-electron chi connectivity index (χ2n) is 8.92. The van der Waals surface area contributed by atoms with Crippen LogP contribution in [0.15, 0.2) is 22.8 Å². The van der Waals surface area contributed by atoms with E-state index >= 15 is 0 Å². The number of methoxy groups -OCH3 is 1. The van der Waals surface area contributed by atoms with E-state index in [1.54, 1.807) is 0 Å². The van der Waals surface area contributed by atoms with Crippen LogP contribution in [0.2, 0.25) is 0 Å². The van der Waals surface area contributed by atoms with Gasteiger partial charge in [-0.2, -0.15) is 0 Å². The second-order valence-corrected chi connectivity index (χ2v) is 8.92. The summed E-state index contributed by atoms with van der Waals surface area (Å²) < 4.78 is 15.7. The number of esters is 3. The van der Waals surface area contributed by atoms with Crippen LogP contribution in [0.25, 0.3) is 0 Å². The van der Waals surface area contributed by atoms with Crippen LogP contribution in [0.4, 0.5) is 0 Å². The van der Waals surface area contributed by atoms with E-state index in [0.717, 1.165) is 24.0 Å². The van der Waals surface area contributed by atoms with Crippen molar-refractivity contribution < 1.29 is 33.4 Å². The predicted octanol–water partition coefficient (Wildman–Crippen LogP) is 3.07. The molecule has 0 aromatic heterocycles. The van der Waals surface area contributed by atoms with Gasteiger partial charge in [-0.25, -0.2) is 0 Å². The Kier molecular flexibility index (Phi) is 5.94. The summed E-state index contributed by atoms with van der Waals surface area (Å²) in [6.45, 7) is 7.16. The zero-order valence-corrected chi connectivity index (χ0v) is 18.3. The van der Waals surface area contributed by atoms with Crippen molar-refractivity contribution in [2.45, 2.75) is 65.9 Å². The number of Topliss-reactive ketones (excluding diaryl/α,β-unsaturated/α-hetero) is 1. The number of carbonyl (C=O) groups excluding carboxylic acids is 4. The number of carbonyl (C=O) groups is 4. The number of ether oxygens (including phenoxy) is 3. The Hall–Kier alpha value is -2.44. The van der Waals surface area contributed by atoms with E-state index in [4.69, 9.17) is 9.47 Å². The minimum absolute atomic E-state index is 0.0113. The van der Waals surface area contributed by atoms with Gasteiger partial charge in [-0.15, -0.1) is 0 Å². The predicted molar refractivity (Wildman–Crippen MR) is 107 cm³/mol. The summed E-state index contributed by atoms with van der Waals surface area (Å²) in [6.07, 6.45) is 3.52. The molecule has 3 aliphatic carbocycles. The summed E-state index contributed by atoms with van der Waals surface area (Å²) in [5, 5.41) is 0. The summed E-state index contributed by atoms with van der Waals surface area (Å²) in [4.78, 5) is 48.5. The van der Waals surface area contributed by atoms with E-state index in [2.05, 4.69) is 4.74 Å². The smallest absolute Gasteiger partial charge is 0.306 e. The molecule has 0 saturated heterocycles. The number of fused-ring (bicyclic) bond motifs is 1. The molecular formula is C23H30O7. The third-order valence-electron chi connectivity index (χ3n) is 6.88. The molecule has 1 saturated carbocycles. The highest BCUT2D eigenvalue weighted by molar-refractivity contribution is 6.05. The first-order valence-electron chi connectivity index (χ1n) is 10.4. The zero-order valence-electron chi connectivity index (χ0n) is 18.3. The molecule has 3 atom stereocenters. The van der Waals surface area contributed by atoms with Crippen LogP contribution in [-0.2, 0) is 33.4 Å². The van der Waals surface area contributed by atoms with E-state index in [1.165, 1.54) is 14.0 Å². The monoisotopic (exact) mass is 418 g/mol. The van der Waals surface area contributed by atoms with Gasteiger partial charge in [-0.1, -0.05) is 18.6 Å². The number of rotatable bonds is 7. The molecule has 0 radical (unpaired) electrons. The Balaban J connectivity index is 1.88. The van der Waals surface area contributed by atoms with Gasteiger partial charge in [-0.05, 0) is 33.1 Å². The quantitative estimate of drug-likeness (QED) is 0.463. The summed E-state index contributed by atoms with van der Waals surface area (Å²) in [7, 11) is 1.30. The molecule has 1 fully saturated rings. The molecule has 0 heterocycles. The fourth-order valence-corrected chi connectivity index (χ4v) is 4.81. The lowest BCUT2D eigenvalue weighted by atomic mass is 9.70. The van der Waals surface area contributed by atoms with Gasteiger partial charge < -0.3 is 14.2 Å². The fourth-order valence-electron chi connectivity index (χ4n) is 4.81. The fraction of sp³-hybridized carbons (Fsp3) is 0.652. The van der Waals surface area contributed by atoms with Crippen LogP contribution in [0, 0.1) is 16.7 Å². The highest BCUT2D eigenvalue weighted by Gasteiger charge is 2.60. The lowest BCUT2D eigenvalue weighted by Gasteiger charge is -2.36. The summed E-state index contributed by atoms with van der Waals surface area (Å²) in [5.74, 6) is -1.32. The van der Waals surface area contributed by atoms with Gasteiger partial charge in [0.1, 0.15) is 12.7 Å². The van der Waals surface area contributed by atoms with Gasteiger partial charge in [0.2, 0.25) is 0 Å². The lowest BCUT2D eigenvalue weighted by Crippen LogP contribution is -2.39. The van der Waals surface area contributed by atoms with Crippen molar-refractivity contribution in [3.63, 3.8) is 0 Å². The molecule has 0 bridgehead atoms. The maximum Gasteiger partial charge on any atom is 0.306 e. The summed E-state index contributed by atoms with van der Waals surface area (Å²) in [6, 6.07) is 0. The van der Waals surface area contributed by atoms with Crippen LogP contribution in [0.5, 0.6) is 0 Å². The molecule has 0 amide bonds. The van der Waals surface area contributed by atoms with Gasteiger partial charge in [0.05, 0.1) is 12.5 Å². The minimum Gasteiger partial charge on any atom is -0.469 e. The Bertz CT molecular complexity index is 846. The number of ketones is 1. The SMILES string of the molecule is COC(=O)CCCC(=O)OC1C2=C(C)C3(CC3)[C@H](C)C(=O)C2=CC1(C)COC(C)=O. The highest BCUT2D eigenvalue weighted by Crippen LogP contribution is 2.64. The molecule has 3 aliphatic rings. The molecule has 0 aliphatic heterocycles. The Morgan fingerprint density at radius 3 is 2.37 bits per heavy atom. The van der Waals surface area contributed by atoms with Crippen molar-refractivity contribution in [2.75, 3.05) is 13.7 Å². The van der Waals surface area contributed by atoms with Crippen molar-refractivity contribution >= 4 is 23.7 Å². The molecule has 0 aromatic rings. The van der Waals surface area contributed by atoms with Crippen molar-refractivity contribution in [1.82, 2.24) is 0 Å². The van der Waals surface area contributed by atoms with E-state index in [1.807, 2.05) is 26.8 Å². The molecule has 0 N–H and O–H groups in total. The van der Waals surface area contributed by atoms with Crippen LogP contribution < -0.4 is 0 Å².